The molecular formula is C14H14N2O3. The van der Waals surface area contributed by atoms with Crippen LogP contribution in [0.1, 0.15) is 6.42 Å². The molecule has 1 heterocycles. The molecule has 19 heavy (non-hydrogen) atoms. The Kier molecular flexibility index (Phi) is 3.75. The van der Waals surface area contributed by atoms with Crippen molar-refractivity contribution >= 4 is 23.4 Å². The van der Waals surface area contributed by atoms with Gasteiger partial charge in [-0.2, -0.15) is 0 Å². The van der Waals surface area contributed by atoms with Gasteiger partial charge in [-0.25, -0.2) is 0 Å². The van der Waals surface area contributed by atoms with E-state index in [1.165, 1.54) is 17.1 Å². The van der Waals surface area contributed by atoms with E-state index in [2.05, 4.69) is 0 Å². The molecule has 0 bridgehead atoms. The SMILES string of the molecule is CN(C(=O)CCN1C(=O)C=CC1=O)c1ccccc1. The van der Waals surface area contributed by atoms with Gasteiger partial charge in [0, 0.05) is 37.9 Å². The Morgan fingerprint density at radius 2 is 1.68 bits per heavy atom. The van der Waals surface area contributed by atoms with E-state index in [0.29, 0.717) is 0 Å². The van der Waals surface area contributed by atoms with Crippen molar-refractivity contribution in [3.05, 3.63) is 42.5 Å². The largest absolute Gasteiger partial charge is 0.315 e. The van der Waals surface area contributed by atoms with Crippen LogP contribution >= 0.6 is 0 Å². The van der Waals surface area contributed by atoms with Crippen LogP contribution in [0.5, 0.6) is 0 Å². The van der Waals surface area contributed by atoms with Crippen LogP contribution in [0.4, 0.5) is 5.69 Å². The topological polar surface area (TPSA) is 57.7 Å². The molecule has 0 atom stereocenters. The van der Waals surface area contributed by atoms with Gasteiger partial charge in [-0.05, 0) is 12.1 Å². The third kappa shape index (κ3) is 2.88. The molecule has 0 saturated heterocycles. The Balaban J connectivity index is 1.92. The van der Waals surface area contributed by atoms with Crippen LogP contribution in [-0.4, -0.2) is 36.2 Å². The van der Waals surface area contributed by atoms with Gasteiger partial charge >= 0.3 is 0 Å². The molecule has 0 radical (unpaired) electrons. The molecule has 3 amide bonds. The molecule has 0 fully saturated rings. The van der Waals surface area contributed by atoms with Crippen LogP contribution in [0.3, 0.4) is 0 Å². The molecule has 5 heteroatoms. The van der Waals surface area contributed by atoms with E-state index < -0.39 is 0 Å². The second kappa shape index (κ2) is 5.48. The number of nitrogens with zero attached hydrogens (tertiary/aromatic N) is 2. The summed E-state index contributed by atoms with van der Waals surface area (Å²) in [6, 6.07) is 9.21. The zero-order valence-electron chi connectivity index (χ0n) is 10.6. The summed E-state index contributed by atoms with van der Waals surface area (Å²) in [5, 5.41) is 0. The highest BCUT2D eigenvalue weighted by Gasteiger charge is 2.24. The van der Waals surface area contributed by atoms with Crippen LogP contribution < -0.4 is 4.90 Å². The first kappa shape index (κ1) is 13.0. The van der Waals surface area contributed by atoms with Crippen molar-refractivity contribution in [3.63, 3.8) is 0 Å². The third-order valence-corrected chi connectivity index (χ3v) is 2.97. The highest BCUT2D eigenvalue weighted by molar-refractivity contribution is 6.13. The van der Waals surface area contributed by atoms with Crippen LogP contribution in [0.15, 0.2) is 42.5 Å². The van der Waals surface area contributed by atoms with Crippen molar-refractivity contribution in [1.29, 1.82) is 0 Å². The lowest BCUT2D eigenvalue weighted by Gasteiger charge is -2.19. The molecule has 0 saturated carbocycles. The van der Waals surface area contributed by atoms with Crippen LogP contribution in [-0.2, 0) is 14.4 Å². The average Bonchev–Trinajstić information content (AvgIpc) is 2.75. The Morgan fingerprint density at radius 3 is 2.26 bits per heavy atom. The molecule has 0 aromatic heterocycles. The summed E-state index contributed by atoms with van der Waals surface area (Å²) in [4.78, 5) is 37.2. The van der Waals surface area contributed by atoms with E-state index >= 15 is 0 Å². The van der Waals surface area contributed by atoms with E-state index in [1.54, 1.807) is 7.05 Å². The van der Waals surface area contributed by atoms with E-state index in [1.807, 2.05) is 30.3 Å². The number of imide groups is 1. The zero-order valence-corrected chi connectivity index (χ0v) is 10.6. The van der Waals surface area contributed by atoms with Gasteiger partial charge in [-0.15, -0.1) is 0 Å². The van der Waals surface area contributed by atoms with Crippen molar-refractivity contribution in [2.45, 2.75) is 6.42 Å². The monoisotopic (exact) mass is 258 g/mol. The predicted octanol–water partition coefficient (Wildman–Crippen LogP) is 0.964. The van der Waals surface area contributed by atoms with Crippen molar-refractivity contribution in [3.8, 4) is 0 Å². The quantitative estimate of drug-likeness (QED) is 0.756. The van der Waals surface area contributed by atoms with E-state index in [-0.39, 0.29) is 30.7 Å². The number of amides is 3. The molecular weight excluding hydrogens is 244 g/mol. The van der Waals surface area contributed by atoms with Crippen molar-refractivity contribution in [1.82, 2.24) is 4.90 Å². The molecule has 1 aromatic carbocycles. The molecule has 1 aliphatic heterocycles. The van der Waals surface area contributed by atoms with E-state index in [4.69, 9.17) is 0 Å². The number of carbonyl (C=O) groups is 3. The Labute approximate surface area is 111 Å². The molecule has 1 aliphatic rings. The summed E-state index contributed by atoms with van der Waals surface area (Å²) in [5.41, 5.74) is 0.782. The lowest BCUT2D eigenvalue weighted by atomic mass is 10.2. The summed E-state index contributed by atoms with van der Waals surface area (Å²) in [7, 11) is 1.67. The van der Waals surface area contributed by atoms with E-state index in [9.17, 15) is 14.4 Å². The Hall–Kier alpha value is -2.43. The minimum atomic E-state index is -0.361. The highest BCUT2D eigenvalue weighted by Crippen LogP contribution is 2.13. The molecule has 1 aromatic rings. The standard InChI is InChI=1S/C14H14N2O3/c1-15(11-5-3-2-4-6-11)12(17)9-10-16-13(18)7-8-14(16)19/h2-8H,9-10H2,1H3. The maximum absolute atomic E-state index is 12.0. The van der Waals surface area contributed by atoms with Gasteiger partial charge in [-0.3, -0.25) is 19.3 Å². The maximum atomic E-state index is 12.0. The Morgan fingerprint density at radius 1 is 1.11 bits per heavy atom. The lowest BCUT2D eigenvalue weighted by molar-refractivity contribution is -0.137. The van der Waals surface area contributed by atoms with Crippen molar-refractivity contribution in [2.75, 3.05) is 18.5 Å². The fourth-order valence-corrected chi connectivity index (χ4v) is 1.82. The van der Waals surface area contributed by atoms with Gasteiger partial charge < -0.3 is 4.90 Å². The molecule has 98 valence electrons. The first-order chi connectivity index (χ1) is 9.09. The molecule has 0 N–H and O–H groups in total. The molecule has 5 nitrogen and oxygen atoms in total. The van der Waals surface area contributed by atoms with Crippen molar-refractivity contribution < 1.29 is 14.4 Å². The minimum absolute atomic E-state index is 0.112. The van der Waals surface area contributed by atoms with Gasteiger partial charge in [0.15, 0.2) is 0 Å². The summed E-state index contributed by atoms with van der Waals surface area (Å²) in [5.74, 6) is -0.862. The number of hydrogen-bond donors (Lipinski definition) is 0. The van der Waals surface area contributed by atoms with Gasteiger partial charge in [0.25, 0.3) is 11.8 Å². The highest BCUT2D eigenvalue weighted by atomic mass is 16.2. The zero-order chi connectivity index (χ0) is 13.8. The number of para-hydroxylation sites is 1. The Bertz CT molecular complexity index is 519. The number of carbonyl (C=O) groups excluding carboxylic acids is 3. The fraction of sp³-hybridized carbons (Fsp3) is 0.214. The summed E-state index contributed by atoms with van der Waals surface area (Å²) < 4.78 is 0. The summed E-state index contributed by atoms with van der Waals surface area (Å²) >= 11 is 0. The molecule has 0 aliphatic carbocycles. The average molecular weight is 258 g/mol. The minimum Gasteiger partial charge on any atom is -0.315 e. The summed E-state index contributed by atoms with van der Waals surface area (Å²) in [6.07, 6.45) is 2.55. The van der Waals surface area contributed by atoms with Crippen LogP contribution in [0.2, 0.25) is 0 Å². The van der Waals surface area contributed by atoms with E-state index in [0.717, 1.165) is 10.6 Å². The van der Waals surface area contributed by atoms with Crippen LogP contribution in [0.25, 0.3) is 0 Å². The second-order valence-electron chi connectivity index (χ2n) is 4.20. The number of hydrogen-bond acceptors (Lipinski definition) is 3. The predicted molar refractivity (Wildman–Crippen MR) is 70.3 cm³/mol. The normalized spacial score (nSPS) is 14.1. The van der Waals surface area contributed by atoms with Crippen molar-refractivity contribution in [2.24, 2.45) is 0 Å². The number of rotatable bonds is 4. The smallest absolute Gasteiger partial charge is 0.253 e. The molecule has 0 unspecified atom stereocenters. The number of anilines is 1. The lowest BCUT2D eigenvalue weighted by Crippen LogP contribution is -2.35. The van der Waals surface area contributed by atoms with Gasteiger partial charge in [0.1, 0.15) is 0 Å². The van der Waals surface area contributed by atoms with Gasteiger partial charge in [0.2, 0.25) is 5.91 Å². The second-order valence-corrected chi connectivity index (χ2v) is 4.20. The third-order valence-electron chi connectivity index (χ3n) is 2.97. The van der Waals surface area contributed by atoms with Gasteiger partial charge in [0.05, 0.1) is 0 Å². The number of benzene rings is 1. The summed E-state index contributed by atoms with van der Waals surface area (Å²) in [6.45, 7) is 0.112. The molecule has 2 rings (SSSR count). The fourth-order valence-electron chi connectivity index (χ4n) is 1.82. The first-order valence-corrected chi connectivity index (χ1v) is 5.95. The first-order valence-electron chi connectivity index (χ1n) is 5.95. The maximum Gasteiger partial charge on any atom is 0.253 e. The van der Waals surface area contributed by atoms with Crippen LogP contribution in [0, 0.1) is 0 Å². The molecule has 0 spiro atoms. The van der Waals surface area contributed by atoms with Gasteiger partial charge in [-0.1, -0.05) is 18.2 Å².